The van der Waals surface area contributed by atoms with Crippen LogP contribution in [-0.2, 0) is 0 Å². The van der Waals surface area contributed by atoms with E-state index >= 15 is 0 Å². The van der Waals surface area contributed by atoms with Crippen molar-refractivity contribution in [3.8, 4) is 0 Å². The number of aliphatic hydroxyl groups excluding tert-OH is 1. The fourth-order valence-electron chi connectivity index (χ4n) is 2.88. The molecule has 102 valence electrons. The first-order chi connectivity index (χ1) is 8.22. The molecule has 2 rings (SSSR count). The van der Waals surface area contributed by atoms with E-state index in [2.05, 4.69) is 0 Å². The van der Waals surface area contributed by atoms with E-state index in [-0.39, 0.29) is 36.2 Å². The van der Waals surface area contributed by atoms with Crippen LogP contribution in [0.3, 0.4) is 0 Å². The van der Waals surface area contributed by atoms with Crippen molar-refractivity contribution in [1.82, 2.24) is 0 Å². The van der Waals surface area contributed by atoms with Gasteiger partial charge >= 0.3 is 0 Å². The van der Waals surface area contributed by atoms with E-state index < -0.39 is 0 Å². The first-order valence-electron chi connectivity index (χ1n) is 6.36. The summed E-state index contributed by atoms with van der Waals surface area (Å²) in [5.74, 6) is 0.138. The molecule has 2 nitrogen and oxygen atoms in total. The van der Waals surface area contributed by atoms with Gasteiger partial charge in [-0.25, -0.2) is 4.39 Å². The fraction of sp³-hybridized carbons (Fsp3) is 0.571. The molecule has 3 atom stereocenters. The lowest BCUT2D eigenvalue weighted by atomic mass is 9.75. The van der Waals surface area contributed by atoms with E-state index in [0.29, 0.717) is 6.54 Å². The molecule has 1 aromatic carbocycles. The zero-order valence-corrected chi connectivity index (χ0v) is 11.2. The number of benzene rings is 1. The van der Waals surface area contributed by atoms with Crippen molar-refractivity contribution in [3.05, 3.63) is 35.6 Å². The van der Waals surface area contributed by atoms with E-state index in [0.717, 1.165) is 31.2 Å². The molecular formula is C14H21ClFNO. The smallest absolute Gasteiger partial charge is 0.123 e. The maximum absolute atomic E-state index is 12.9. The summed E-state index contributed by atoms with van der Waals surface area (Å²) >= 11 is 0. The summed E-state index contributed by atoms with van der Waals surface area (Å²) in [5, 5.41) is 10.1. The zero-order valence-electron chi connectivity index (χ0n) is 10.4. The fourth-order valence-corrected chi connectivity index (χ4v) is 2.88. The lowest BCUT2D eigenvalue weighted by Crippen LogP contribution is -2.33. The Hall–Kier alpha value is -0.640. The van der Waals surface area contributed by atoms with E-state index in [4.69, 9.17) is 5.73 Å². The largest absolute Gasteiger partial charge is 0.393 e. The molecule has 0 saturated heterocycles. The molecule has 1 saturated carbocycles. The lowest BCUT2D eigenvalue weighted by molar-refractivity contribution is 0.0561. The quantitative estimate of drug-likeness (QED) is 0.890. The Morgan fingerprint density at radius 2 is 1.83 bits per heavy atom. The van der Waals surface area contributed by atoms with Gasteiger partial charge in [-0.3, -0.25) is 0 Å². The number of nitrogens with two attached hydrogens (primary N) is 1. The van der Waals surface area contributed by atoms with Gasteiger partial charge in [0.05, 0.1) is 6.10 Å². The highest BCUT2D eigenvalue weighted by Crippen LogP contribution is 2.35. The first-order valence-corrected chi connectivity index (χ1v) is 6.36. The van der Waals surface area contributed by atoms with E-state index in [9.17, 15) is 9.50 Å². The van der Waals surface area contributed by atoms with Crippen LogP contribution in [0.15, 0.2) is 24.3 Å². The Morgan fingerprint density at radius 1 is 1.22 bits per heavy atom. The third kappa shape index (κ3) is 3.44. The Morgan fingerprint density at radius 3 is 2.39 bits per heavy atom. The summed E-state index contributed by atoms with van der Waals surface area (Å²) < 4.78 is 12.9. The molecule has 0 amide bonds. The molecule has 3 N–H and O–H groups in total. The van der Waals surface area contributed by atoms with Crippen LogP contribution in [0.25, 0.3) is 0 Å². The molecule has 0 radical (unpaired) electrons. The van der Waals surface area contributed by atoms with Gasteiger partial charge in [-0.15, -0.1) is 12.4 Å². The predicted molar refractivity (Wildman–Crippen MR) is 73.4 cm³/mol. The van der Waals surface area contributed by atoms with Crippen molar-refractivity contribution in [1.29, 1.82) is 0 Å². The third-order valence-corrected chi connectivity index (χ3v) is 3.85. The number of aliphatic hydroxyl groups is 1. The SMILES string of the molecule is Cl.NC[C@@H](c1ccc(F)cc1)[C@@H]1CCCC[C@@H]1O. The average Bonchev–Trinajstić information content (AvgIpc) is 2.35. The number of halogens is 2. The van der Waals surface area contributed by atoms with Crippen LogP contribution in [-0.4, -0.2) is 17.8 Å². The Bertz CT molecular complexity index is 357. The Kier molecular flexibility index (Phi) is 6.06. The zero-order chi connectivity index (χ0) is 12.3. The number of rotatable bonds is 3. The molecule has 18 heavy (non-hydrogen) atoms. The molecule has 0 bridgehead atoms. The van der Waals surface area contributed by atoms with E-state index in [1.807, 2.05) is 0 Å². The second kappa shape index (κ2) is 7.07. The Labute approximate surface area is 114 Å². The van der Waals surface area contributed by atoms with Gasteiger partial charge in [0, 0.05) is 5.92 Å². The molecule has 1 fully saturated rings. The predicted octanol–water partition coefficient (Wildman–Crippen LogP) is 2.84. The van der Waals surface area contributed by atoms with Gasteiger partial charge in [0.1, 0.15) is 5.82 Å². The molecule has 4 heteroatoms. The van der Waals surface area contributed by atoms with Gasteiger partial charge in [-0.1, -0.05) is 25.0 Å². The van der Waals surface area contributed by atoms with Gasteiger partial charge in [0.25, 0.3) is 0 Å². The van der Waals surface area contributed by atoms with Crippen molar-refractivity contribution in [3.63, 3.8) is 0 Å². The lowest BCUT2D eigenvalue weighted by Gasteiger charge is -2.34. The van der Waals surface area contributed by atoms with Gasteiger partial charge in [-0.2, -0.15) is 0 Å². The maximum atomic E-state index is 12.9. The standard InChI is InChI=1S/C14H20FNO.ClH/c15-11-7-5-10(6-8-11)13(9-16)12-3-1-2-4-14(12)17;/h5-8,12-14,17H,1-4,9,16H2;1H/t12-,13-,14-;/m0./s1. The van der Waals surface area contributed by atoms with Gasteiger partial charge < -0.3 is 10.8 Å². The number of hydrogen-bond donors (Lipinski definition) is 2. The van der Waals surface area contributed by atoms with E-state index in [1.54, 1.807) is 12.1 Å². The van der Waals surface area contributed by atoms with Crippen LogP contribution in [0.4, 0.5) is 4.39 Å². The normalized spacial score (nSPS) is 25.3. The summed E-state index contributed by atoms with van der Waals surface area (Å²) in [4.78, 5) is 0. The number of hydrogen-bond acceptors (Lipinski definition) is 2. The second-order valence-corrected chi connectivity index (χ2v) is 4.91. The molecule has 1 aliphatic rings. The minimum Gasteiger partial charge on any atom is -0.393 e. The molecule has 1 aromatic rings. The molecule has 0 aromatic heterocycles. The van der Waals surface area contributed by atoms with Crippen LogP contribution in [0.1, 0.15) is 37.2 Å². The highest BCUT2D eigenvalue weighted by molar-refractivity contribution is 5.85. The first kappa shape index (κ1) is 15.4. The van der Waals surface area contributed by atoms with Gasteiger partial charge in [0.2, 0.25) is 0 Å². The topological polar surface area (TPSA) is 46.2 Å². The molecular weight excluding hydrogens is 253 g/mol. The highest BCUT2D eigenvalue weighted by Gasteiger charge is 2.30. The van der Waals surface area contributed by atoms with Gasteiger partial charge in [0.15, 0.2) is 0 Å². The molecule has 0 aliphatic heterocycles. The summed E-state index contributed by atoms with van der Waals surface area (Å²) in [7, 11) is 0. The van der Waals surface area contributed by atoms with Gasteiger partial charge in [-0.05, 0) is 43.0 Å². The molecule has 0 unspecified atom stereocenters. The molecule has 0 heterocycles. The maximum Gasteiger partial charge on any atom is 0.123 e. The second-order valence-electron chi connectivity index (χ2n) is 4.91. The Balaban J connectivity index is 0.00000162. The van der Waals surface area contributed by atoms with Crippen molar-refractivity contribution < 1.29 is 9.50 Å². The van der Waals surface area contributed by atoms with Crippen LogP contribution in [0.2, 0.25) is 0 Å². The molecule has 1 aliphatic carbocycles. The van der Waals surface area contributed by atoms with Crippen LogP contribution < -0.4 is 5.73 Å². The summed E-state index contributed by atoms with van der Waals surface area (Å²) in [5.41, 5.74) is 6.87. The van der Waals surface area contributed by atoms with Crippen LogP contribution in [0.5, 0.6) is 0 Å². The monoisotopic (exact) mass is 273 g/mol. The van der Waals surface area contributed by atoms with Crippen molar-refractivity contribution in [2.24, 2.45) is 11.7 Å². The summed E-state index contributed by atoms with van der Waals surface area (Å²) in [6, 6.07) is 6.50. The van der Waals surface area contributed by atoms with Crippen LogP contribution >= 0.6 is 12.4 Å². The van der Waals surface area contributed by atoms with Crippen LogP contribution in [0, 0.1) is 11.7 Å². The third-order valence-electron chi connectivity index (χ3n) is 3.85. The molecule has 0 spiro atoms. The van der Waals surface area contributed by atoms with Crippen molar-refractivity contribution >= 4 is 12.4 Å². The van der Waals surface area contributed by atoms with Crippen molar-refractivity contribution in [2.75, 3.05) is 6.54 Å². The average molecular weight is 274 g/mol. The summed E-state index contributed by atoms with van der Waals surface area (Å²) in [6.45, 7) is 0.507. The minimum absolute atomic E-state index is 0. The summed E-state index contributed by atoms with van der Waals surface area (Å²) in [6.07, 6.45) is 3.86. The minimum atomic E-state index is -0.262. The van der Waals surface area contributed by atoms with Crippen molar-refractivity contribution in [2.45, 2.75) is 37.7 Å². The highest BCUT2D eigenvalue weighted by atomic mass is 35.5. The van der Waals surface area contributed by atoms with E-state index in [1.165, 1.54) is 12.1 Å².